The minimum atomic E-state index is -3.65. The Balaban J connectivity index is 1.83. The van der Waals surface area contributed by atoms with E-state index in [0.717, 1.165) is 17.4 Å². The molecule has 0 spiro atoms. The number of hydrogen-bond acceptors (Lipinski definition) is 6. The highest BCUT2D eigenvalue weighted by molar-refractivity contribution is 7.90. The van der Waals surface area contributed by atoms with Crippen LogP contribution in [0.5, 0.6) is 0 Å². The van der Waals surface area contributed by atoms with Crippen LogP contribution in [0.3, 0.4) is 0 Å². The van der Waals surface area contributed by atoms with E-state index in [1.165, 1.54) is 16.8 Å². The fraction of sp³-hybridized carbons (Fsp3) is 0.150. The fourth-order valence-corrected chi connectivity index (χ4v) is 3.46. The summed E-state index contributed by atoms with van der Waals surface area (Å²) in [6, 6.07) is 13.6. The molecule has 4 aromatic rings. The molecule has 0 fully saturated rings. The Morgan fingerprint density at radius 1 is 1.07 bits per heavy atom. The number of anilines is 1. The standard InChI is InChI=1S/C20H18FN5O2S/c1-13-5-3-4-6-14(13)11-22-18-17-12-23-26(16-9-7-15(21)8-10-16)19(17)25-20(24-18)29(2,27)28/h3-10,12H,11H2,1-2H3,(H,22,24,25). The smallest absolute Gasteiger partial charge is 0.250 e. The molecule has 2 aromatic carbocycles. The van der Waals surface area contributed by atoms with Crippen LogP contribution in [-0.4, -0.2) is 34.4 Å². The van der Waals surface area contributed by atoms with Gasteiger partial charge >= 0.3 is 0 Å². The molecule has 7 nitrogen and oxygen atoms in total. The number of halogens is 1. The van der Waals surface area contributed by atoms with Gasteiger partial charge in [0, 0.05) is 12.8 Å². The number of nitrogens with zero attached hydrogens (tertiary/aromatic N) is 4. The lowest BCUT2D eigenvalue weighted by molar-refractivity contribution is 0.593. The topological polar surface area (TPSA) is 89.8 Å². The van der Waals surface area contributed by atoms with Gasteiger partial charge in [0.2, 0.25) is 9.84 Å². The van der Waals surface area contributed by atoms with E-state index in [9.17, 15) is 12.8 Å². The number of aryl methyl sites for hydroxylation is 1. The number of benzene rings is 2. The number of aromatic nitrogens is 4. The van der Waals surface area contributed by atoms with Crippen molar-refractivity contribution in [1.29, 1.82) is 0 Å². The highest BCUT2D eigenvalue weighted by Crippen LogP contribution is 2.25. The first-order chi connectivity index (χ1) is 13.8. The van der Waals surface area contributed by atoms with Gasteiger partial charge in [-0.3, -0.25) is 0 Å². The average molecular weight is 411 g/mol. The number of nitrogens with one attached hydrogen (secondary N) is 1. The molecule has 0 atom stereocenters. The maximum Gasteiger partial charge on any atom is 0.250 e. The normalized spacial score (nSPS) is 11.7. The summed E-state index contributed by atoms with van der Waals surface area (Å²) in [5, 5.41) is 7.77. The van der Waals surface area contributed by atoms with Crippen LogP contribution in [0.25, 0.3) is 16.7 Å². The van der Waals surface area contributed by atoms with Crippen LogP contribution >= 0.6 is 0 Å². The van der Waals surface area contributed by atoms with Gasteiger partial charge in [-0.05, 0) is 42.3 Å². The molecule has 9 heteroatoms. The second-order valence-corrected chi connectivity index (χ2v) is 8.59. The van der Waals surface area contributed by atoms with Gasteiger partial charge < -0.3 is 5.32 Å². The molecule has 0 radical (unpaired) electrons. The van der Waals surface area contributed by atoms with Crippen LogP contribution in [0, 0.1) is 12.7 Å². The van der Waals surface area contributed by atoms with E-state index in [1.807, 2.05) is 31.2 Å². The van der Waals surface area contributed by atoms with Crippen LogP contribution < -0.4 is 5.32 Å². The maximum atomic E-state index is 13.3. The van der Waals surface area contributed by atoms with Crippen molar-refractivity contribution in [3.8, 4) is 5.69 Å². The predicted octanol–water partition coefficient (Wildman–Crippen LogP) is 3.28. The van der Waals surface area contributed by atoms with Crippen LogP contribution in [0.2, 0.25) is 0 Å². The predicted molar refractivity (Wildman–Crippen MR) is 108 cm³/mol. The van der Waals surface area contributed by atoms with Crippen molar-refractivity contribution in [2.75, 3.05) is 11.6 Å². The molecule has 29 heavy (non-hydrogen) atoms. The zero-order valence-corrected chi connectivity index (χ0v) is 16.6. The van der Waals surface area contributed by atoms with Gasteiger partial charge in [0.1, 0.15) is 11.6 Å². The van der Waals surface area contributed by atoms with Crippen LogP contribution in [0.15, 0.2) is 59.9 Å². The van der Waals surface area contributed by atoms with E-state index in [4.69, 9.17) is 0 Å². The van der Waals surface area contributed by atoms with E-state index in [2.05, 4.69) is 20.4 Å². The van der Waals surface area contributed by atoms with Gasteiger partial charge in [-0.1, -0.05) is 24.3 Å². The molecule has 2 heterocycles. The average Bonchev–Trinajstić information content (AvgIpc) is 3.11. The summed E-state index contributed by atoms with van der Waals surface area (Å²) in [5.41, 5.74) is 3.05. The van der Waals surface area contributed by atoms with Crippen molar-refractivity contribution in [1.82, 2.24) is 19.7 Å². The van der Waals surface area contributed by atoms with E-state index in [0.29, 0.717) is 29.1 Å². The van der Waals surface area contributed by atoms with Crippen molar-refractivity contribution in [2.45, 2.75) is 18.6 Å². The lowest BCUT2D eigenvalue weighted by Crippen LogP contribution is -2.10. The van der Waals surface area contributed by atoms with E-state index in [1.54, 1.807) is 18.3 Å². The quantitative estimate of drug-likeness (QED) is 0.507. The number of hydrogen-bond donors (Lipinski definition) is 1. The van der Waals surface area contributed by atoms with Gasteiger partial charge in [0.05, 0.1) is 17.3 Å². The van der Waals surface area contributed by atoms with Gasteiger partial charge in [-0.2, -0.15) is 10.1 Å². The minimum Gasteiger partial charge on any atom is -0.365 e. The molecule has 0 bridgehead atoms. The van der Waals surface area contributed by atoms with Gasteiger partial charge in [-0.15, -0.1) is 0 Å². The van der Waals surface area contributed by atoms with Gasteiger partial charge in [-0.25, -0.2) is 22.5 Å². The third kappa shape index (κ3) is 3.81. The molecule has 0 unspecified atom stereocenters. The molecule has 0 saturated carbocycles. The summed E-state index contributed by atoms with van der Waals surface area (Å²) in [6.07, 6.45) is 2.61. The Hall–Kier alpha value is -3.33. The Labute approximate surface area is 167 Å². The van der Waals surface area contributed by atoms with Crippen LogP contribution in [0.1, 0.15) is 11.1 Å². The summed E-state index contributed by atoms with van der Waals surface area (Å²) >= 11 is 0. The van der Waals surface area contributed by atoms with E-state index in [-0.39, 0.29) is 11.0 Å². The van der Waals surface area contributed by atoms with Crippen LogP contribution in [0.4, 0.5) is 10.2 Å². The van der Waals surface area contributed by atoms with Crippen LogP contribution in [-0.2, 0) is 16.4 Å². The molecule has 0 aliphatic heterocycles. The Bertz CT molecular complexity index is 1300. The highest BCUT2D eigenvalue weighted by Gasteiger charge is 2.19. The van der Waals surface area contributed by atoms with Crippen molar-refractivity contribution in [3.63, 3.8) is 0 Å². The third-order valence-electron chi connectivity index (χ3n) is 4.52. The number of fused-ring (bicyclic) bond motifs is 1. The minimum absolute atomic E-state index is 0.304. The molecular weight excluding hydrogens is 393 g/mol. The maximum absolute atomic E-state index is 13.3. The number of sulfone groups is 1. The summed E-state index contributed by atoms with van der Waals surface area (Å²) in [7, 11) is -3.65. The molecule has 0 aliphatic rings. The zero-order chi connectivity index (χ0) is 20.6. The lowest BCUT2D eigenvalue weighted by Gasteiger charge is -2.11. The monoisotopic (exact) mass is 411 g/mol. The summed E-state index contributed by atoms with van der Waals surface area (Å²) in [4.78, 5) is 8.42. The first kappa shape index (κ1) is 19.0. The van der Waals surface area contributed by atoms with Crippen molar-refractivity contribution in [2.24, 2.45) is 0 Å². The number of rotatable bonds is 5. The molecule has 1 N–H and O–H groups in total. The summed E-state index contributed by atoms with van der Waals surface area (Å²) in [6.45, 7) is 2.46. The van der Waals surface area contributed by atoms with Crippen molar-refractivity contribution >= 4 is 26.7 Å². The third-order valence-corrected chi connectivity index (χ3v) is 5.36. The first-order valence-electron chi connectivity index (χ1n) is 8.83. The molecule has 148 valence electrons. The van der Waals surface area contributed by atoms with E-state index < -0.39 is 9.84 Å². The molecule has 0 aliphatic carbocycles. The van der Waals surface area contributed by atoms with E-state index >= 15 is 0 Å². The molecule has 2 aromatic heterocycles. The summed E-state index contributed by atoms with van der Waals surface area (Å²) in [5.74, 6) is -0.00992. The zero-order valence-electron chi connectivity index (χ0n) is 15.8. The van der Waals surface area contributed by atoms with Gasteiger partial charge in [0.25, 0.3) is 5.16 Å². The Morgan fingerprint density at radius 3 is 2.48 bits per heavy atom. The van der Waals surface area contributed by atoms with Crippen molar-refractivity contribution < 1.29 is 12.8 Å². The molecule has 4 rings (SSSR count). The highest BCUT2D eigenvalue weighted by atomic mass is 32.2. The first-order valence-corrected chi connectivity index (χ1v) is 10.7. The fourth-order valence-electron chi connectivity index (χ4n) is 2.95. The van der Waals surface area contributed by atoms with Crippen molar-refractivity contribution in [3.05, 3.63) is 71.7 Å². The second kappa shape index (κ2) is 7.25. The largest absolute Gasteiger partial charge is 0.365 e. The molecular formula is C20H18FN5O2S. The Morgan fingerprint density at radius 2 is 1.79 bits per heavy atom. The van der Waals surface area contributed by atoms with Gasteiger partial charge in [0.15, 0.2) is 5.65 Å². The summed E-state index contributed by atoms with van der Waals surface area (Å²) < 4.78 is 39.0. The Kier molecular flexibility index (Phi) is 4.75. The SMILES string of the molecule is Cc1ccccc1CNc1nc(S(C)(=O)=O)nc2c1cnn2-c1ccc(F)cc1. The molecule has 0 saturated heterocycles. The second-order valence-electron chi connectivity index (χ2n) is 6.68. The molecule has 0 amide bonds. The lowest BCUT2D eigenvalue weighted by atomic mass is 10.1.